The molecule has 16 heavy (non-hydrogen) atoms. The Morgan fingerprint density at radius 3 is 3.19 bits per heavy atom. The normalized spacial score (nSPS) is 12.9. The van der Waals surface area contributed by atoms with E-state index in [-0.39, 0.29) is 11.7 Å². The van der Waals surface area contributed by atoms with Crippen LogP contribution in [0.4, 0.5) is 5.82 Å². The predicted octanol–water partition coefficient (Wildman–Crippen LogP) is -0.433. The molecular weight excluding hydrogens is 208 g/mol. The molecular formula is C9H14N6O. The van der Waals surface area contributed by atoms with Gasteiger partial charge in [-0.05, 0) is 6.42 Å². The second-order valence-electron chi connectivity index (χ2n) is 3.52. The van der Waals surface area contributed by atoms with Gasteiger partial charge in [0.1, 0.15) is 12.1 Å². The van der Waals surface area contributed by atoms with Crippen molar-refractivity contribution in [2.45, 2.75) is 19.4 Å². The fourth-order valence-electron chi connectivity index (χ4n) is 1.43. The van der Waals surface area contributed by atoms with Gasteiger partial charge in [0, 0.05) is 18.7 Å². The van der Waals surface area contributed by atoms with Crippen LogP contribution in [0.5, 0.6) is 0 Å². The van der Waals surface area contributed by atoms with Crippen LogP contribution < -0.4 is 16.7 Å². The standard InChI is InChI=1S/C9H14N6O/c1-2-6(4-10)12-7-3-8-13-14-9(16)15(8)5-11-7/h3,5-6,12H,2,4,10H2,1H3,(H,14,16). The molecule has 2 aromatic rings. The fourth-order valence-corrected chi connectivity index (χ4v) is 1.43. The molecule has 0 saturated heterocycles. The average molecular weight is 222 g/mol. The highest BCUT2D eigenvalue weighted by Gasteiger charge is 2.06. The van der Waals surface area contributed by atoms with Crippen LogP contribution in [0.25, 0.3) is 5.65 Å². The van der Waals surface area contributed by atoms with E-state index >= 15 is 0 Å². The van der Waals surface area contributed by atoms with Crippen molar-refractivity contribution in [2.75, 3.05) is 11.9 Å². The van der Waals surface area contributed by atoms with Gasteiger partial charge in [0.15, 0.2) is 5.65 Å². The van der Waals surface area contributed by atoms with Crippen molar-refractivity contribution >= 4 is 11.5 Å². The summed E-state index contributed by atoms with van der Waals surface area (Å²) in [7, 11) is 0. The number of aromatic amines is 1. The fraction of sp³-hybridized carbons (Fsp3) is 0.444. The van der Waals surface area contributed by atoms with E-state index in [9.17, 15) is 4.79 Å². The van der Waals surface area contributed by atoms with Crippen LogP contribution in [0.2, 0.25) is 0 Å². The summed E-state index contributed by atoms with van der Waals surface area (Å²) < 4.78 is 1.34. The van der Waals surface area contributed by atoms with Gasteiger partial charge in [0.05, 0.1) is 0 Å². The SMILES string of the molecule is CCC(CN)Nc1cc2n[nH]c(=O)n2cn1. The Hall–Kier alpha value is -1.89. The van der Waals surface area contributed by atoms with Crippen molar-refractivity contribution in [2.24, 2.45) is 5.73 Å². The van der Waals surface area contributed by atoms with Gasteiger partial charge in [-0.25, -0.2) is 19.3 Å². The number of hydrogen-bond donors (Lipinski definition) is 3. The van der Waals surface area contributed by atoms with Gasteiger partial charge < -0.3 is 11.1 Å². The molecule has 2 aromatic heterocycles. The molecule has 0 aliphatic heterocycles. The molecule has 1 atom stereocenters. The quantitative estimate of drug-likeness (QED) is 0.651. The number of rotatable bonds is 4. The zero-order valence-electron chi connectivity index (χ0n) is 8.97. The Balaban J connectivity index is 2.29. The number of aromatic nitrogens is 4. The number of anilines is 1. The molecule has 1 unspecified atom stereocenters. The van der Waals surface area contributed by atoms with Gasteiger partial charge >= 0.3 is 5.69 Å². The van der Waals surface area contributed by atoms with Gasteiger partial charge in [-0.2, -0.15) is 5.10 Å². The highest BCUT2D eigenvalue weighted by Crippen LogP contribution is 2.06. The Kier molecular flexibility index (Phi) is 2.86. The van der Waals surface area contributed by atoms with E-state index in [0.29, 0.717) is 18.0 Å². The van der Waals surface area contributed by atoms with Crippen molar-refractivity contribution < 1.29 is 0 Å². The van der Waals surface area contributed by atoms with E-state index in [2.05, 4.69) is 20.5 Å². The number of nitrogens with two attached hydrogens (primary N) is 1. The largest absolute Gasteiger partial charge is 0.366 e. The molecule has 0 amide bonds. The topological polar surface area (TPSA) is 101 Å². The van der Waals surface area contributed by atoms with Crippen molar-refractivity contribution in [1.82, 2.24) is 19.6 Å². The molecule has 0 fully saturated rings. The van der Waals surface area contributed by atoms with E-state index in [1.807, 2.05) is 6.92 Å². The molecule has 0 saturated carbocycles. The van der Waals surface area contributed by atoms with E-state index < -0.39 is 0 Å². The summed E-state index contributed by atoms with van der Waals surface area (Å²) >= 11 is 0. The maximum absolute atomic E-state index is 11.2. The molecule has 0 spiro atoms. The van der Waals surface area contributed by atoms with Crippen LogP contribution in [0, 0.1) is 0 Å². The molecule has 0 aliphatic rings. The van der Waals surface area contributed by atoms with Gasteiger partial charge in [-0.15, -0.1) is 0 Å². The molecule has 0 bridgehead atoms. The van der Waals surface area contributed by atoms with Crippen molar-refractivity contribution in [3.8, 4) is 0 Å². The molecule has 0 radical (unpaired) electrons. The minimum absolute atomic E-state index is 0.181. The first kappa shape index (κ1) is 10.6. The predicted molar refractivity (Wildman–Crippen MR) is 60.4 cm³/mol. The van der Waals surface area contributed by atoms with E-state index in [1.165, 1.54) is 10.7 Å². The van der Waals surface area contributed by atoms with Gasteiger partial charge in [-0.3, -0.25) is 0 Å². The smallest absolute Gasteiger partial charge is 0.348 e. The molecule has 86 valence electrons. The second-order valence-corrected chi connectivity index (χ2v) is 3.52. The average Bonchev–Trinajstić information content (AvgIpc) is 2.68. The Morgan fingerprint density at radius 2 is 2.50 bits per heavy atom. The third-order valence-electron chi connectivity index (χ3n) is 2.44. The Morgan fingerprint density at radius 1 is 1.69 bits per heavy atom. The van der Waals surface area contributed by atoms with Gasteiger partial charge in [0.25, 0.3) is 0 Å². The summed E-state index contributed by atoms with van der Waals surface area (Å²) in [5.41, 5.74) is 5.83. The molecule has 7 heteroatoms. The summed E-state index contributed by atoms with van der Waals surface area (Å²) in [6.07, 6.45) is 2.35. The summed E-state index contributed by atoms with van der Waals surface area (Å²) in [5.74, 6) is 0.670. The third-order valence-corrected chi connectivity index (χ3v) is 2.44. The summed E-state index contributed by atoms with van der Waals surface area (Å²) in [4.78, 5) is 15.3. The lowest BCUT2D eigenvalue weighted by molar-refractivity contribution is 0.699. The number of H-pyrrole nitrogens is 1. The van der Waals surface area contributed by atoms with Crippen LogP contribution in [0.15, 0.2) is 17.2 Å². The third kappa shape index (κ3) is 1.89. The summed E-state index contributed by atoms with van der Waals surface area (Å²) in [6.45, 7) is 2.58. The zero-order valence-corrected chi connectivity index (χ0v) is 8.97. The number of nitrogens with one attached hydrogen (secondary N) is 2. The first-order chi connectivity index (χ1) is 7.74. The zero-order chi connectivity index (χ0) is 11.5. The highest BCUT2D eigenvalue weighted by atomic mass is 16.1. The Labute approximate surface area is 91.7 Å². The molecule has 0 aromatic carbocycles. The minimum atomic E-state index is -0.292. The molecule has 0 aliphatic carbocycles. The van der Waals surface area contributed by atoms with E-state index in [0.717, 1.165) is 6.42 Å². The van der Waals surface area contributed by atoms with E-state index in [1.54, 1.807) is 6.07 Å². The maximum atomic E-state index is 11.2. The lowest BCUT2D eigenvalue weighted by Gasteiger charge is -2.14. The lowest BCUT2D eigenvalue weighted by atomic mass is 10.2. The lowest BCUT2D eigenvalue weighted by Crippen LogP contribution is -2.28. The van der Waals surface area contributed by atoms with Crippen LogP contribution in [0.1, 0.15) is 13.3 Å². The molecule has 7 nitrogen and oxygen atoms in total. The Bertz CT molecular complexity index is 526. The number of nitrogens with zero attached hydrogens (tertiary/aromatic N) is 3. The first-order valence-corrected chi connectivity index (χ1v) is 5.14. The number of hydrogen-bond acceptors (Lipinski definition) is 5. The minimum Gasteiger partial charge on any atom is -0.366 e. The first-order valence-electron chi connectivity index (χ1n) is 5.14. The van der Waals surface area contributed by atoms with E-state index in [4.69, 9.17) is 5.73 Å². The molecule has 2 rings (SSSR count). The number of fused-ring (bicyclic) bond motifs is 1. The van der Waals surface area contributed by atoms with Crippen molar-refractivity contribution in [1.29, 1.82) is 0 Å². The van der Waals surface area contributed by atoms with Crippen LogP contribution in [0.3, 0.4) is 0 Å². The van der Waals surface area contributed by atoms with Crippen LogP contribution in [-0.2, 0) is 0 Å². The van der Waals surface area contributed by atoms with Crippen LogP contribution >= 0.6 is 0 Å². The summed E-state index contributed by atoms with van der Waals surface area (Å²) in [6, 6.07) is 1.89. The van der Waals surface area contributed by atoms with Crippen molar-refractivity contribution in [3.63, 3.8) is 0 Å². The second kappa shape index (κ2) is 4.31. The monoisotopic (exact) mass is 222 g/mol. The summed E-state index contributed by atoms with van der Waals surface area (Å²) in [5, 5.41) is 9.38. The maximum Gasteiger partial charge on any atom is 0.348 e. The van der Waals surface area contributed by atoms with Crippen LogP contribution in [-0.4, -0.2) is 32.2 Å². The highest BCUT2D eigenvalue weighted by molar-refractivity contribution is 5.48. The van der Waals surface area contributed by atoms with Gasteiger partial charge in [0.2, 0.25) is 0 Å². The molecule has 2 heterocycles. The van der Waals surface area contributed by atoms with Crippen molar-refractivity contribution in [3.05, 3.63) is 22.9 Å². The molecule has 4 N–H and O–H groups in total. The van der Waals surface area contributed by atoms with Gasteiger partial charge in [-0.1, -0.05) is 6.92 Å².